The summed E-state index contributed by atoms with van der Waals surface area (Å²) in [5, 5.41) is 11.3. The lowest BCUT2D eigenvalue weighted by Gasteiger charge is -2.08. The Labute approximate surface area is 140 Å². The quantitative estimate of drug-likeness (QED) is 0.392. The van der Waals surface area contributed by atoms with Crippen molar-refractivity contribution in [3.8, 4) is 5.75 Å². The van der Waals surface area contributed by atoms with Gasteiger partial charge in [0.05, 0.1) is 13.0 Å². The van der Waals surface area contributed by atoms with E-state index in [2.05, 4.69) is 5.32 Å². The van der Waals surface area contributed by atoms with E-state index in [-0.39, 0.29) is 12.3 Å². The first kappa shape index (κ1) is 17.5. The van der Waals surface area contributed by atoms with Gasteiger partial charge in [0, 0.05) is 12.1 Å². The van der Waals surface area contributed by atoms with Crippen LogP contribution in [0.15, 0.2) is 54.6 Å². The zero-order valence-corrected chi connectivity index (χ0v) is 13.2. The lowest BCUT2D eigenvalue weighted by Crippen LogP contribution is -2.25. The molecule has 0 aliphatic heterocycles. The third-order valence-electron chi connectivity index (χ3n) is 3.32. The highest BCUT2D eigenvalue weighted by atomic mass is 16.5. The van der Waals surface area contributed by atoms with Gasteiger partial charge < -0.3 is 10.1 Å². The predicted molar refractivity (Wildman–Crippen MR) is 89.0 cm³/mol. The molecule has 0 heterocycles. The molecule has 2 aromatic rings. The molecule has 3 N–H and O–H groups in total. The minimum absolute atomic E-state index is 0.0953. The molecule has 2 amide bonds. The SMILES string of the molecule is O=C(Cc1ccc(OCCCNC(=O)c2ccccc2)cc1)NO. The maximum Gasteiger partial charge on any atom is 0.251 e. The molecule has 0 radical (unpaired) electrons. The van der Waals surface area contributed by atoms with E-state index < -0.39 is 5.91 Å². The van der Waals surface area contributed by atoms with Gasteiger partial charge in [0.2, 0.25) is 5.91 Å². The zero-order chi connectivity index (χ0) is 17.2. The van der Waals surface area contributed by atoms with Crippen molar-refractivity contribution in [2.45, 2.75) is 12.8 Å². The van der Waals surface area contributed by atoms with E-state index in [1.807, 2.05) is 18.2 Å². The van der Waals surface area contributed by atoms with Crippen LogP contribution in [-0.2, 0) is 11.2 Å². The van der Waals surface area contributed by atoms with E-state index >= 15 is 0 Å². The summed E-state index contributed by atoms with van der Waals surface area (Å²) in [7, 11) is 0. The standard InChI is InChI=1S/C18H20N2O4/c21-17(20-23)13-14-7-9-16(10-8-14)24-12-4-11-19-18(22)15-5-2-1-3-6-15/h1-3,5-10,23H,4,11-13H2,(H,19,22)(H,20,21). The van der Waals surface area contributed by atoms with Crippen molar-refractivity contribution in [3.05, 3.63) is 65.7 Å². The van der Waals surface area contributed by atoms with E-state index in [0.29, 0.717) is 30.9 Å². The molecule has 126 valence electrons. The second-order valence-corrected chi connectivity index (χ2v) is 5.18. The Bertz CT molecular complexity index is 656. The van der Waals surface area contributed by atoms with Crippen molar-refractivity contribution < 1.29 is 19.5 Å². The number of rotatable bonds is 8. The number of hydrogen-bond acceptors (Lipinski definition) is 4. The fourth-order valence-corrected chi connectivity index (χ4v) is 2.08. The maximum absolute atomic E-state index is 11.8. The van der Waals surface area contributed by atoms with E-state index in [9.17, 15) is 9.59 Å². The molecule has 0 fully saturated rings. The van der Waals surface area contributed by atoms with Crippen LogP contribution in [0.4, 0.5) is 0 Å². The van der Waals surface area contributed by atoms with Gasteiger partial charge in [-0.05, 0) is 36.2 Å². The molecule has 0 spiro atoms. The largest absolute Gasteiger partial charge is 0.494 e. The molecule has 6 heteroatoms. The number of carbonyl (C=O) groups is 2. The average molecular weight is 328 g/mol. The Kier molecular flexibility index (Phi) is 6.79. The monoisotopic (exact) mass is 328 g/mol. The van der Waals surface area contributed by atoms with Gasteiger partial charge in [-0.25, -0.2) is 5.48 Å². The molecular formula is C18H20N2O4. The average Bonchev–Trinajstić information content (AvgIpc) is 2.63. The van der Waals surface area contributed by atoms with Crippen LogP contribution in [0.2, 0.25) is 0 Å². The minimum atomic E-state index is -0.460. The van der Waals surface area contributed by atoms with Gasteiger partial charge in [-0.2, -0.15) is 0 Å². The lowest BCUT2D eigenvalue weighted by molar-refractivity contribution is -0.128. The molecule has 0 saturated carbocycles. The van der Waals surface area contributed by atoms with Crippen molar-refractivity contribution in [2.75, 3.05) is 13.2 Å². The molecule has 6 nitrogen and oxygen atoms in total. The van der Waals surface area contributed by atoms with Crippen molar-refractivity contribution in [1.82, 2.24) is 10.8 Å². The number of benzene rings is 2. The molecule has 2 rings (SSSR count). The molecule has 0 bridgehead atoms. The smallest absolute Gasteiger partial charge is 0.251 e. The summed E-state index contributed by atoms with van der Waals surface area (Å²) in [6.45, 7) is 1.01. The van der Waals surface area contributed by atoms with Crippen LogP contribution >= 0.6 is 0 Å². The Morgan fingerprint density at radius 3 is 2.38 bits per heavy atom. The fourth-order valence-electron chi connectivity index (χ4n) is 2.08. The lowest BCUT2D eigenvalue weighted by atomic mass is 10.1. The number of amides is 2. The molecule has 0 unspecified atom stereocenters. The van der Waals surface area contributed by atoms with Gasteiger partial charge in [0.25, 0.3) is 5.91 Å². The van der Waals surface area contributed by atoms with E-state index in [4.69, 9.17) is 9.94 Å². The van der Waals surface area contributed by atoms with Crippen LogP contribution in [0.3, 0.4) is 0 Å². The van der Waals surface area contributed by atoms with Crippen LogP contribution in [0.5, 0.6) is 5.75 Å². The van der Waals surface area contributed by atoms with Gasteiger partial charge in [0.1, 0.15) is 5.75 Å². The van der Waals surface area contributed by atoms with Gasteiger partial charge in [-0.3, -0.25) is 14.8 Å². The Morgan fingerprint density at radius 2 is 1.71 bits per heavy atom. The summed E-state index contributed by atoms with van der Waals surface area (Å²) in [6.07, 6.45) is 0.801. The molecule has 0 aliphatic carbocycles. The summed E-state index contributed by atoms with van der Waals surface area (Å²) in [6, 6.07) is 16.1. The highest BCUT2D eigenvalue weighted by Gasteiger charge is 2.04. The van der Waals surface area contributed by atoms with Crippen LogP contribution in [0.1, 0.15) is 22.3 Å². The number of ether oxygens (including phenoxy) is 1. The first-order valence-electron chi connectivity index (χ1n) is 7.67. The van der Waals surface area contributed by atoms with Crippen molar-refractivity contribution in [3.63, 3.8) is 0 Å². The first-order valence-corrected chi connectivity index (χ1v) is 7.67. The van der Waals surface area contributed by atoms with Crippen molar-refractivity contribution >= 4 is 11.8 Å². The maximum atomic E-state index is 11.8. The number of hydroxylamine groups is 1. The molecule has 0 aliphatic rings. The van der Waals surface area contributed by atoms with Crippen LogP contribution < -0.4 is 15.5 Å². The fraction of sp³-hybridized carbons (Fsp3) is 0.222. The second-order valence-electron chi connectivity index (χ2n) is 5.18. The Hall–Kier alpha value is -2.86. The predicted octanol–water partition coefficient (Wildman–Crippen LogP) is 1.93. The summed E-state index contributed by atoms with van der Waals surface area (Å²) in [4.78, 5) is 22.9. The van der Waals surface area contributed by atoms with Gasteiger partial charge in [0.15, 0.2) is 0 Å². The van der Waals surface area contributed by atoms with Gasteiger partial charge >= 0.3 is 0 Å². The zero-order valence-electron chi connectivity index (χ0n) is 13.2. The summed E-state index contributed by atoms with van der Waals surface area (Å²) in [5.41, 5.74) is 3.01. The molecule has 0 aromatic heterocycles. The second kappa shape index (κ2) is 9.32. The topological polar surface area (TPSA) is 87.7 Å². The van der Waals surface area contributed by atoms with Gasteiger partial charge in [-0.1, -0.05) is 30.3 Å². The number of carbonyl (C=O) groups excluding carboxylic acids is 2. The van der Waals surface area contributed by atoms with Crippen molar-refractivity contribution in [2.24, 2.45) is 0 Å². The first-order chi connectivity index (χ1) is 11.7. The third kappa shape index (κ3) is 5.73. The van der Waals surface area contributed by atoms with Crippen LogP contribution in [0.25, 0.3) is 0 Å². The number of hydrogen-bond donors (Lipinski definition) is 3. The molecule has 0 atom stereocenters. The summed E-state index contributed by atoms with van der Waals surface area (Å²) in [5.74, 6) is 0.137. The van der Waals surface area contributed by atoms with E-state index in [1.54, 1.807) is 41.9 Å². The summed E-state index contributed by atoms with van der Waals surface area (Å²) < 4.78 is 5.58. The molecule has 0 saturated heterocycles. The Balaban J connectivity index is 1.65. The molecular weight excluding hydrogens is 308 g/mol. The molecule has 2 aromatic carbocycles. The van der Waals surface area contributed by atoms with E-state index in [0.717, 1.165) is 5.56 Å². The summed E-state index contributed by atoms with van der Waals surface area (Å²) >= 11 is 0. The van der Waals surface area contributed by atoms with Crippen molar-refractivity contribution in [1.29, 1.82) is 0 Å². The number of nitrogens with one attached hydrogen (secondary N) is 2. The third-order valence-corrected chi connectivity index (χ3v) is 3.32. The van der Waals surface area contributed by atoms with Crippen LogP contribution in [-0.4, -0.2) is 30.2 Å². The van der Waals surface area contributed by atoms with Gasteiger partial charge in [-0.15, -0.1) is 0 Å². The molecule has 24 heavy (non-hydrogen) atoms. The highest BCUT2D eigenvalue weighted by molar-refractivity contribution is 5.94. The van der Waals surface area contributed by atoms with Crippen LogP contribution in [0, 0.1) is 0 Å². The minimum Gasteiger partial charge on any atom is -0.494 e. The highest BCUT2D eigenvalue weighted by Crippen LogP contribution is 2.12. The van der Waals surface area contributed by atoms with E-state index in [1.165, 1.54) is 0 Å². The Morgan fingerprint density at radius 1 is 1.00 bits per heavy atom. The normalized spacial score (nSPS) is 10.0.